The lowest BCUT2D eigenvalue weighted by molar-refractivity contribution is -0.142. The van der Waals surface area contributed by atoms with Crippen molar-refractivity contribution in [2.24, 2.45) is 46.2 Å². The number of benzene rings is 1. The average molecular weight is 1620 g/mol. The van der Waals surface area contributed by atoms with Gasteiger partial charge in [-0.25, -0.2) is 4.79 Å². The van der Waals surface area contributed by atoms with Crippen molar-refractivity contribution in [2.45, 2.75) is 236 Å². The Hall–Kier alpha value is -12.6. The van der Waals surface area contributed by atoms with Crippen molar-refractivity contribution >= 4 is 124 Å². The summed E-state index contributed by atoms with van der Waals surface area (Å²) in [6, 6.07) is -16.5. The van der Waals surface area contributed by atoms with E-state index in [0.29, 0.717) is 5.56 Å². The Morgan fingerprint density at radius 3 is 0.991 bits per heavy atom. The minimum atomic E-state index is -2.06. The first-order chi connectivity index (χ1) is 53.2. The molecule has 636 valence electrons. The Bertz CT molecular complexity index is 3580. The van der Waals surface area contributed by atoms with E-state index >= 15 is 0 Å². The molecule has 0 aliphatic rings. The zero-order valence-corrected chi connectivity index (χ0v) is 64.1. The van der Waals surface area contributed by atoms with Gasteiger partial charge < -0.3 is 134 Å². The molecule has 1 rings (SSSR count). The second-order valence-electron chi connectivity index (χ2n) is 27.6. The second kappa shape index (κ2) is 51.1. The SMILES string of the molecule is CC(C)C[C@H](NC(=O)[C@H](CC(N)=O)NC(=O)[C@H](CCC(=O)O)NC(=O)[C@H](CCC(N)=O)NC(=O)[C@H](CC(C)C)NC(=O)[C@H](CCCNC(=N)N)NC(=O)[C@H](CCC(=O)O)NC(=O)[C@H](C)NC(=O)[C@@H](N)CCC(=O)O)C(=O)N[C@@H](CCC(N)=O)C(=O)N[C@@H](C)C(=O)N[C@@H](Cc1ccc(O)cc1)C(=O)N[C@@H](CCCNC(=N)N)C(=O)O. The maximum atomic E-state index is 14.5. The fraction of sp³-hybridized carbons (Fsp3) is 0.603. The predicted octanol–water partition coefficient (Wildman–Crippen LogP) is -8.18. The fourth-order valence-corrected chi connectivity index (χ4v) is 10.6. The molecule has 46 heteroatoms. The van der Waals surface area contributed by atoms with Gasteiger partial charge in [-0.05, 0) is 114 Å². The number of rotatable bonds is 56. The number of phenols is 1. The Kier molecular flexibility index (Phi) is 44.6. The normalized spacial score (nSPS) is 14.4. The molecule has 0 spiro atoms. The molecular weight excluding hydrogens is 1510 g/mol. The first kappa shape index (κ1) is 99.5. The van der Waals surface area contributed by atoms with Crippen LogP contribution in [-0.4, -0.2) is 242 Å². The topological polar surface area (TPSA) is 798 Å². The summed E-state index contributed by atoms with van der Waals surface area (Å²) in [6.45, 7) is 8.71. The number of carboxylic acid groups (broad SMARTS) is 4. The monoisotopic (exact) mass is 1620 g/mol. The lowest BCUT2D eigenvalue weighted by Crippen LogP contribution is -2.61. The maximum absolute atomic E-state index is 14.5. The Balaban J connectivity index is 3.71. The molecule has 0 saturated carbocycles. The number of aliphatic carboxylic acids is 4. The number of carbonyl (C=O) groups is 19. The van der Waals surface area contributed by atoms with E-state index in [0.717, 1.165) is 6.92 Å². The van der Waals surface area contributed by atoms with Crippen LogP contribution in [0.2, 0.25) is 0 Å². The Morgan fingerprint density at radius 2 is 0.632 bits per heavy atom. The summed E-state index contributed by atoms with van der Waals surface area (Å²) >= 11 is 0. The molecule has 1 aromatic rings. The standard InChI is InChI=1S/C68H110N22O24/c1-31(2)27-44(88-58(105)38(9-7-25-77-67(73)74)82-60(107)41(18-23-52(97)98)81-54(101)33(5)79-56(103)37(69)15-22-51(95)96)62(109)85-40(17-21-49(71)93)59(106)83-42(19-24-53(99)100)61(108)90-47(30-50(72)94)65(112)89-45(28-32(3)4)63(110)84-39(16-20-48(70)92)57(104)80-34(6)55(102)87-46(29-35-11-13-36(91)14-12-35)64(111)86-43(66(113)114)10-8-26-78-68(75)76/h11-14,31-34,37-47,91H,7-10,15-30,69H2,1-6H3,(H2,70,92)(H2,71,93)(H2,72,94)(H,79,103)(H,80,104)(H,81,101)(H,82,107)(H,83,106)(H,84,110)(H,85,109)(H,86,111)(H,87,102)(H,88,105)(H,89,112)(H,90,108)(H,95,96)(H,97,98)(H,99,100)(H,113,114)(H4,73,74,77)(H4,75,76,78)/t33-,34-,37-,38-,39-,40-,41-,42-,43-,44-,45-,46-,47-/m0/s1. The minimum Gasteiger partial charge on any atom is -0.508 e. The van der Waals surface area contributed by atoms with E-state index in [1.54, 1.807) is 27.7 Å². The van der Waals surface area contributed by atoms with Crippen molar-refractivity contribution in [3.05, 3.63) is 29.8 Å². The third-order valence-corrected chi connectivity index (χ3v) is 16.6. The van der Waals surface area contributed by atoms with Crippen LogP contribution in [0.25, 0.3) is 0 Å². The number of aromatic hydroxyl groups is 1. The van der Waals surface area contributed by atoms with Crippen LogP contribution in [0.5, 0.6) is 5.75 Å². The van der Waals surface area contributed by atoms with Crippen LogP contribution in [-0.2, 0) is 97.5 Å². The van der Waals surface area contributed by atoms with Gasteiger partial charge in [-0.2, -0.15) is 0 Å². The fourth-order valence-electron chi connectivity index (χ4n) is 10.6. The van der Waals surface area contributed by atoms with Crippen LogP contribution in [0.4, 0.5) is 0 Å². The molecule has 0 fully saturated rings. The molecule has 0 unspecified atom stereocenters. The van der Waals surface area contributed by atoms with Crippen LogP contribution < -0.4 is 109 Å². The molecule has 0 aliphatic heterocycles. The third kappa shape index (κ3) is 41.5. The molecule has 0 saturated heterocycles. The number of hydrogen-bond acceptors (Lipinski definition) is 23. The highest BCUT2D eigenvalue weighted by molar-refractivity contribution is 6.01. The summed E-state index contributed by atoms with van der Waals surface area (Å²) in [7, 11) is 0. The molecule has 0 bridgehead atoms. The molecule has 46 nitrogen and oxygen atoms in total. The van der Waals surface area contributed by atoms with Gasteiger partial charge in [0.15, 0.2) is 11.9 Å². The smallest absolute Gasteiger partial charge is 0.326 e. The van der Waals surface area contributed by atoms with E-state index in [1.807, 2.05) is 0 Å². The number of carboxylic acids is 4. The van der Waals surface area contributed by atoms with E-state index in [9.17, 15) is 112 Å². The van der Waals surface area contributed by atoms with Gasteiger partial charge in [0.2, 0.25) is 88.6 Å². The molecule has 0 radical (unpaired) electrons. The summed E-state index contributed by atoms with van der Waals surface area (Å²) in [5.41, 5.74) is 33.2. The Labute approximate surface area is 654 Å². The number of carbonyl (C=O) groups excluding carboxylic acids is 15. The van der Waals surface area contributed by atoms with E-state index in [2.05, 4.69) is 74.4 Å². The molecule has 114 heavy (non-hydrogen) atoms. The average Bonchev–Trinajstić information content (AvgIpc) is 0.858. The first-order valence-electron chi connectivity index (χ1n) is 36.3. The minimum absolute atomic E-state index is 0.0456. The van der Waals surface area contributed by atoms with E-state index < -0.39 is 273 Å². The Morgan fingerprint density at radius 1 is 0.342 bits per heavy atom. The van der Waals surface area contributed by atoms with Gasteiger partial charge in [-0.1, -0.05) is 39.8 Å². The van der Waals surface area contributed by atoms with Gasteiger partial charge in [0.25, 0.3) is 0 Å². The largest absolute Gasteiger partial charge is 0.508 e. The molecule has 0 aromatic heterocycles. The first-order valence-corrected chi connectivity index (χ1v) is 36.3. The summed E-state index contributed by atoms with van der Waals surface area (Å²) in [6.07, 6.45) is -8.50. The number of phenolic OH excluding ortho intramolecular Hbond substituents is 1. The number of guanidine groups is 2. The number of nitrogens with two attached hydrogens (primary N) is 6. The van der Waals surface area contributed by atoms with Gasteiger partial charge in [0, 0.05) is 51.6 Å². The molecular formula is C68H110N22O24. The number of primary amides is 3. The highest BCUT2D eigenvalue weighted by Gasteiger charge is 2.38. The van der Waals surface area contributed by atoms with Gasteiger partial charge in [-0.3, -0.25) is 97.1 Å². The number of amides is 15. The van der Waals surface area contributed by atoms with Crippen LogP contribution in [0, 0.1) is 22.7 Å². The van der Waals surface area contributed by atoms with E-state index in [4.69, 9.17) is 50.3 Å². The number of hydrogen-bond donors (Lipinski definition) is 27. The van der Waals surface area contributed by atoms with Crippen LogP contribution in [0.3, 0.4) is 0 Å². The highest BCUT2D eigenvalue weighted by atomic mass is 16.4. The van der Waals surface area contributed by atoms with Crippen molar-refractivity contribution in [3.8, 4) is 5.75 Å². The lowest BCUT2D eigenvalue weighted by Gasteiger charge is -2.29. The summed E-state index contributed by atoms with van der Waals surface area (Å²) < 4.78 is 0. The van der Waals surface area contributed by atoms with Crippen LogP contribution >= 0.6 is 0 Å². The summed E-state index contributed by atoms with van der Waals surface area (Å²) in [5.74, 6) is -24.7. The third-order valence-electron chi connectivity index (χ3n) is 16.6. The second-order valence-corrected chi connectivity index (χ2v) is 27.6. The zero-order valence-electron chi connectivity index (χ0n) is 64.1. The highest BCUT2D eigenvalue weighted by Crippen LogP contribution is 2.16. The van der Waals surface area contributed by atoms with Crippen LogP contribution in [0.1, 0.15) is 156 Å². The quantitative estimate of drug-likeness (QED) is 0.0164. The van der Waals surface area contributed by atoms with Gasteiger partial charge in [0.1, 0.15) is 78.3 Å². The predicted molar refractivity (Wildman–Crippen MR) is 400 cm³/mol. The van der Waals surface area contributed by atoms with Crippen molar-refractivity contribution < 1.29 is 117 Å². The lowest BCUT2D eigenvalue weighted by atomic mass is 10.0. The molecule has 0 heterocycles. The van der Waals surface area contributed by atoms with Gasteiger partial charge >= 0.3 is 23.9 Å². The zero-order chi connectivity index (χ0) is 86.8. The van der Waals surface area contributed by atoms with E-state index in [-0.39, 0.29) is 76.2 Å². The molecule has 1 aromatic carbocycles. The van der Waals surface area contributed by atoms with Crippen molar-refractivity contribution in [2.75, 3.05) is 13.1 Å². The molecule has 0 aliphatic carbocycles. The number of nitrogens with one attached hydrogen (secondary N) is 16. The maximum Gasteiger partial charge on any atom is 0.326 e. The summed E-state index contributed by atoms with van der Waals surface area (Å²) in [5, 5.41) is 96.1. The van der Waals surface area contributed by atoms with Crippen LogP contribution in [0.15, 0.2) is 24.3 Å². The van der Waals surface area contributed by atoms with Crippen molar-refractivity contribution in [1.29, 1.82) is 10.8 Å². The van der Waals surface area contributed by atoms with Gasteiger partial charge in [0.05, 0.1) is 12.5 Å². The van der Waals surface area contributed by atoms with Crippen molar-refractivity contribution in [1.82, 2.24) is 74.4 Å². The molecule has 33 N–H and O–H groups in total. The molecule has 13 atom stereocenters. The van der Waals surface area contributed by atoms with Crippen molar-refractivity contribution in [3.63, 3.8) is 0 Å². The molecule has 15 amide bonds. The summed E-state index contributed by atoms with van der Waals surface area (Å²) in [4.78, 5) is 252. The van der Waals surface area contributed by atoms with Gasteiger partial charge in [-0.15, -0.1) is 0 Å². The van der Waals surface area contributed by atoms with E-state index in [1.165, 1.54) is 31.2 Å².